The first-order chi connectivity index (χ1) is 15.3. The third kappa shape index (κ3) is 5.19. The molecule has 0 spiro atoms. The molecule has 2 aromatic carbocycles. The van der Waals surface area contributed by atoms with Crippen molar-refractivity contribution in [1.82, 2.24) is 10.6 Å². The van der Waals surface area contributed by atoms with E-state index in [1.165, 1.54) is 12.0 Å². The molecule has 3 amide bonds. The van der Waals surface area contributed by atoms with Crippen molar-refractivity contribution in [2.24, 2.45) is 5.92 Å². The summed E-state index contributed by atoms with van der Waals surface area (Å²) >= 11 is 0. The van der Waals surface area contributed by atoms with Gasteiger partial charge in [-0.2, -0.15) is 0 Å². The van der Waals surface area contributed by atoms with E-state index in [1.807, 2.05) is 37.3 Å². The van der Waals surface area contributed by atoms with E-state index >= 15 is 0 Å². The number of amides is 3. The Hall–Kier alpha value is -3.55. The summed E-state index contributed by atoms with van der Waals surface area (Å²) in [5.41, 5.74) is 1.56. The van der Waals surface area contributed by atoms with Gasteiger partial charge in [-0.3, -0.25) is 14.4 Å². The van der Waals surface area contributed by atoms with Crippen molar-refractivity contribution in [2.75, 3.05) is 25.7 Å². The maximum atomic E-state index is 12.8. The summed E-state index contributed by atoms with van der Waals surface area (Å²) in [5, 5.41) is 5.64. The van der Waals surface area contributed by atoms with E-state index in [0.29, 0.717) is 17.2 Å². The van der Waals surface area contributed by atoms with Crippen molar-refractivity contribution in [2.45, 2.75) is 32.4 Å². The first-order valence-corrected chi connectivity index (χ1v) is 10.5. The van der Waals surface area contributed by atoms with Gasteiger partial charge in [0.25, 0.3) is 0 Å². The SMILES string of the molecule is COc1ccc(N2CC(C(=O)NC(C)C(=O)NC(C)c3ccccc3)CC2=O)c(OC)c1. The Morgan fingerprint density at radius 3 is 2.41 bits per heavy atom. The lowest BCUT2D eigenvalue weighted by Crippen LogP contribution is -2.47. The Bertz CT molecular complexity index is 979. The second kappa shape index (κ2) is 10.2. The van der Waals surface area contributed by atoms with E-state index in [4.69, 9.17) is 9.47 Å². The lowest BCUT2D eigenvalue weighted by Gasteiger charge is -2.21. The van der Waals surface area contributed by atoms with Crippen molar-refractivity contribution in [3.05, 3.63) is 54.1 Å². The fourth-order valence-electron chi connectivity index (χ4n) is 3.68. The first kappa shape index (κ1) is 23.1. The predicted molar refractivity (Wildman–Crippen MR) is 121 cm³/mol. The van der Waals surface area contributed by atoms with Crippen molar-refractivity contribution in [1.29, 1.82) is 0 Å². The Kier molecular flexibility index (Phi) is 7.35. The molecule has 170 valence electrons. The van der Waals surface area contributed by atoms with Crippen LogP contribution in [-0.2, 0) is 14.4 Å². The van der Waals surface area contributed by atoms with Gasteiger partial charge in [0.2, 0.25) is 17.7 Å². The average Bonchev–Trinajstić information content (AvgIpc) is 3.20. The Labute approximate surface area is 187 Å². The number of anilines is 1. The van der Waals surface area contributed by atoms with Gasteiger partial charge >= 0.3 is 0 Å². The number of hydrogen-bond acceptors (Lipinski definition) is 5. The molecule has 3 rings (SSSR count). The van der Waals surface area contributed by atoms with E-state index in [1.54, 1.807) is 32.2 Å². The molecule has 1 saturated heterocycles. The fourth-order valence-corrected chi connectivity index (χ4v) is 3.68. The highest BCUT2D eigenvalue weighted by molar-refractivity contribution is 6.02. The summed E-state index contributed by atoms with van der Waals surface area (Å²) in [4.78, 5) is 39.5. The third-order valence-corrected chi connectivity index (χ3v) is 5.58. The first-order valence-electron chi connectivity index (χ1n) is 10.5. The van der Waals surface area contributed by atoms with Crippen LogP contribution < -0.4 is 25.0 Å². The molecule has 0 bridgehead atoms. The zero-order valence-electron chi connectivity index (χ0n) is 18.8. The van der Waals surface area contributed by atoms with Gasteiger partial charge in [-0.05, 0) is 31.5 Å². The molecule has 1 fully saturated rings. The molecule has 2 N–H and O–H groups in total. The molecule has 1 aliphatic heterocycles. The highest BCUT2D eigenvalue weighted by Gasteiger charge is 2.37. The maximum Gasteiger partial charge on any atom is 0.242 e. The molecule has 0 aliphatic carbocycles. The van der Waals surface area contributed by atoms with Gasteiger partial charge < -0.3 is 25.0 Å². The fraction of sp³-hybridized carbons (Fsp3) is 0.375. The minimum Gasteiger partial charge on any atom is -0.497 e. The smallest absolute Gasteiger partial charge is 0.242 e. The molecule has 0 radical (unpaired) electrons. The summed E-state index contributed by atoms with van der Waals surface area (Å²) < 4.78 is 10.6. The van der Waals surface area contributed by atoms with Crippen LogP contribution in [0.1, 0.15) is 31.9 Å². The number of nitrogens with one attached hydrogen (secondary N) is 2. The number of nitrogens with zero attached hydrogens (tertiary/aromatic N) is 1. The minimum atomic E-state index is -0.728. The number of carbonyl (C=O) groups is 3. The summed E-state index contributed by atoms with van der Waals surface area (Å²) in [5.74, 6) is -0.256. The zero-order valence-corrected chi connectivity index (χ0v) is 18.8. The van der Waals surface area contributed by atoms with Crippen molar-refractivity contribution in [3.8, 4) is 11.5 Å². The van der Waals surface area contributed by atoms with E-state index < -0.39 is 12.0 Å². The standard InChI is InChI=1S/C24H29N3O5/c1-15(17-8-6-5-7-9-17)25-23(29)16(2)26-24(30)18-12-22(28)27(14-18)20-11-10-19(31-3)13-21(20)32-4/h5-11,13,15-16,18H,12,14H2,1-4H3,(H,25,29)(H,26,30). The molecule has 1 heterocycles. The van der Waals surface area contributed by atoms with Crippen LogP contribution in [0.15, 0.2) is 48.5 Å². The normalized spacial score (nSPS) is 17.4. The molecule has 0 saturated carbocycles. The zero-order chi connectivity index (χ0) is 23.3. The van der Waals surface area contributed by atoms with Gasteiger partial charge in [0, 0.05) is 19.0 Å². The second-order valence-electron chi connectivity index (χ2n) is 7.81. The van der Waals surface area contributed by atoms with Crippen LogP contribution in [0, 0.1) is 5.92 Å². The lowest BCUT2D eigenvalue weighted by molar-refractivity contribution is -0.131. The van der Waals surface area contributed by atoms with Gasteiger partial charge in [0.1, 0.15) is 17.5 Å². The highest BCUT2D eigenvalue weighted by atomic mass is 16.5. The molecular formula is C24H29N3O5. The molecular weight excluding hydrogens is 410 g/mol. The molecule has 3 unspecified atom stereocenters. The Morgan fingerprint density at radius 1 is 1.03 bits per heavy atom. The van der Waals surface area contributed by atoms with E-state index in [-0.39, 0.29) is 36.7 Å². The van der Waals surface area contributed by atoms with Crippen molar-refractivity contribution < 1.29 is 23.9 Å². The monoisotopic (exact) mass is 439 g/mol. The van der Waals surface area contributed by atoms with Crippen molar-refractivity contribution >= 4 is 23.4 Å². The van der Waals surface area contributed by atoms with Crippen LogP contribution in [0.3, 0.4) is 0 Å². The number of hydrogen-bond donors (Lipinski definition) is 2. The van der Waals surface area contributed by atoms with E-state index in [0.717, 1.165) is 5.56 Å². The third-order valence-electron chi connectivity index (χ3n) is 5.58. The van der Waals surface area contributed by atoms with Crippen LogP contribution >= 0.6 is 0 Å². The summed E-state index contributed by atoms with van der Waals surface area (Å²) in [7, 11) is 3.06. The lowest BCUT2D eigenvalue weighted by atomic mass is 10.1. The minimum absolute atomic E-state index is 0.0653. The van der Waals surface area contributed by atoms with Gasteiger partial charge in [0.05, 0.1) is 31.9 Å². The van der Waals surface area contributed by atoms with Crippen molar-refractivity contribution in [3.63, 3.8) is 0 Å². The van der Waals surface area contributed by atoms with Crippen LogP contribution in [0.2, 0.25) is 0 Å². The summed E-state index contributed by atoms with van der Waals surface area (Å²) in [6.45, 7) is 3.73. The topological polar surface area (TPSA) is 97.0 Å². The molecule has 8 heteroatoms. The number of rotatable bonds is 8. The molecule has 0 aromatic heterocycles. The summed E-state index contributed by atoms with van der Waals surface area (Å²) in [6.07, 6.45) is 0.0653. The van der Waals surface area contributed by atoms with Crippen LogP contribution in [-0.4, -0.2) is 44.5 Å². The van der Waals surface area contributed by atoms with Gasteiger partial charge in [-0.25, -0.2) is 0 Å². The molecule has 1 aliphatic rings. The van der Waals surface area contributed by atoms with Crippen LogP contribution in [0.4, 0.5) is 5.69 Å². The number of carbonyl (C=O) groups excluding carboxylic acids is 3. The Balaban J connectivity index is 1.60. The summed E-state index contributed by atoms with van der Waals surface area (Å²) in [6, 6.07) is 13.8. The van der Waals surface area contributed by atoms with Crippen LogP contribution in [0.25, 0.3) is 0 Å². The molecule has 32 heavy (non-hydrogen) atoms. The second-order valence-corrected chi connectivity index (χ2v) is 7.81. The van der Waals surface area contributed by atoms with Crippen LogP contribution in [0.5, 0.6) is 11.5 Å². The predicted octanol–water partition coefficient (Wildman–Crippen LogP) is 2.44. The number of benzene rings is 2. The Morgan fingerprint density at radius 2 is 1.75 bits per heavy atom. The quantitative estimate of drug-likeness (QED) is 0.659. The highest BCUT2D eigenvalue weighted by Crippen LogP contribution is 2.35. The van der Waals surface area contributed by atoms with E-state index in [2.05, 4.69) is 10.6 Å². The van der Waals surface area contributed by atoms with Gasteiger partial charge in [-0.15, -0.1) is 0 Å². The molecule has 8 nitrogen and oxygen atoms in total. The molecule has 2 aromatic rings. The number of ether oxygens (including phenoxy) is 2. The molecule has 3 atom stereocenters. The van der Waals surface area contributed by atoms with Gasteiger partial charge in [-0.1, -0.05) is 30.3 Å². The number of methoxy groups -OCH3 is 2. The largest absolute Gasteiger partial charge is 0.497 e. The maximum absolute atomic E-state index is 12.8. The van der Waals surface area contributed by atoms with E-state index in [9.17, 15) is 14.4 Å². The average molecular weight is 440 g/mol. The van der Waals surface area contributed by atoms with Gasteiger partial charge in [0.15, 0.2) is 0 Å².